The fraction of sp³-hybridized carbons (Fsp3) is 0.609. The van der Waals surface area contributed by atoms with Gasteiger partial charge in [-0.1, -0.05) is 31.1 Å². The smallest absolute Gasteiger partial charge is 0.257 e. The molecule has 0 unspecified atom stereocenters. The van der Waals surface area contributed by atoms with Gasteiger partial charge in [0.2, 0.25) is 0 Å². The van der Waals surface area contributed by atoms with E-state index >= 15 is 0 Å². The minimum Gasteiger partial charge on any atom is -0.357 e. The number of aliphatic imine (C=N–C) groups is 1. The van der Waals surface area contributed by atoms with Crippen molar-refractivity contribution in [2.75, 3.05) is 26.2 Å². The molecule has 31 heavy (non-hydrogen) atoms. The zero-order chi connectivity index (χ0) is 21.2. The van der Waals surface area contributed by atoms with E-state index < -0.39 is 0 Å². The molecule has 172 valence electrons. The van der Waals surface area contributed by atoms with Crippen molar-refractivity contribution >= 4 is 29.9 Å². The lowest BCUT2D eigenvalue weighted by Gasteiger charge is -2.32. The third kappa shape index (κ3) is 8.07. The van der Waals surface area contributed by atoms with E-state index in [-0.39, 0.29) is 24.0 Å². The number of hydrogen-bond acceptors (Lipinski definition) is 5. The molecule has 8 heteroatoms. The lowest BCUT2D eigenvalue weighted by molar-refractivity contribution is 0.206. The number of rotatable bonds is 9. The van der Waals surface area contributed by atoms with Crippen molar-refractivity contribution in [2.45, 2.75) is 65.5 Å². The number of benzene rings is 1. The van der Waals surface area contributed by atoms with Crippen molar-refractivity contribution in [1.29, 1.82) is 0 Å². The maximum atomic E-state index is 5.42. The average molecular weight is 540 g/mol. The van der Waals surface area contributed by atoms with Gasteiger partial charge in [0, 0.05) is 37.7 Å². The van der Waals surface area contributed by atoms with E-state index in [1.807, 2.05) is 12.1 Å². The molecule has 0 bridgehead atoms. The topological polar surface area (TPSA) is 78.6 Å². The van der Waals surface area contributed by atoms with Crippen molar-refractivity contribution < 1.29 is 4.52 Å². The Kier molecular flexibility index (Phi) is 11.3. The fourth-order valence-electron chi connectivity index (χ4n) is 3.80. The molecule has 1 aliphatic heterocycles. The van der Waals surface area contributed by atoms with Crippen LogP contribution in [-0.2, 0) is 13.0 Å². The summed E-state index contributed by atoms with van der Waals surface area (Å²) in [6, 6.07) is 8.68. The van der Waals surface area contributed by atoms with Crippen LogP contribution in [0.3, 0.4) is 0 Å². The van der Waals surface area contributed by atoms with Crippen LogP contribution in [0.4, 0.5) is 0 Å². The van der Waals surface area contributed by atoms with Crippen LogP contribution in [0, 0.1) is 0 Å². The standard InChI is InChI=1S/C23H36N6O.HI/c1-4-8-21-27-22(30-28-21)19-10-7-9-18(16-19)17-25-23(24-6-3)26-20-11-14-29(13-5-2)15-12-20;/h7,9-10,16,20H,4-6,8,11-15,17H2,1-3H3,(H2,24,25,26);1H. The maximum absolute atomic E-state index is 5.42. The van der Waals surface area contributed by atoms with Gasteiger partial charge in [-0.05, 0) is 56.8 Å². The summed E-state index contributed by atoms with van der Waals surface area (Å²) in [6.07, 6.45) is 5.40. The average Bonchev–Trinajstić information content (AvgIpc) is 3.23. The van der Waals surface area contributed by atoms with E-state index in [9.17, 15) is 0 Å². The highest BCUT2D eigenvalue weighted by Gasteiger charge is 2.19. The quantitative estimate of drug-likeness (QED) is 0.282. The molecule has 1 fully saturated rings. The van der Waals surface area contributed by atoms with Crippen LogP contribution >= 0.6 is 24.0 Å². The summed E-state index contributed by atoms with van der Waals surface area (Å²) in [5.41, 5.74) is 2.07. The molecule has 1 aliphatic rings. The maximum Gasteiger partial charge on any atom is 0.257 e. The van der Waals surface area contributed by atoms with Crippen molar-refractivity contribution in [3.8, 4) is 11.5 Å². The van der Waals surface area contributed by atoms with Gasteiger partial charge in [0.15, 0.2) is 11.8 Å². The van der Waals surface area contributed by atoms with Crippen LogP contribution in [0.1, 0.15) is 57.8 Å². The summed E-state index contributed by atoms with van der Waals surface area (Å²) in [4.78, 5) is 11.9. The number of nitrogens with zero attached hydrogens (tertiary/aromatic N) is 4. The molecule has 0 atom stereocenters. The first-order valence-electron chi connectivity index (χ1n) is 11.4. The number of hydrogen-bond donors (Lipinski definition) is 2. The first kappa shape index (κ1) is 25.6. The van der Waals surface area contributed by atoms with Gasteiger partial charge in [-0.15, -0.1) is 24.0 Å². The molecule has 0 spiro atoms. The van der Waals surface area contributed by atoms with E-state index in [0.717, 1.165) is 68.2 Å². The van der Waals surface area contributed by atoms with Gasteiger partial charge < -0.3 is 20.1 Å². The van der Waals surface area contributed by atoms with Gasteiger partial charge in [-0.25, -0.2) is 4.99 Å². The largest absolute Gasteiger partial charge is 0.357 e. The lowest BCUT2D eigenvalue weighted by atomic mass is 10.1. The Hall–Kier alpha value is -1.68. The highest BCUT2D eigenvalue weighted by atomic mass is 127. The van der Waals surface area contributed by atoms with Gasteiger partial charge in [0.25, 0.3) is 5.89 Å². The molecule has 2 N–H and O–H groups in total. The lowest BCUT2D eigenvalue weighted by Crippen LogP contribution is -2.48. The Morgan fingerprint density at radius 3 is 2.71 bits per heavy atom. The van der Waals surface area contributed by atoms with Gasteiger partial charge in [-0.3, -0.25) is 0 Å². The van der Waals surface area contributed by atoms with Crippen LogP contribution in [-0.4, -0.2) is 53.2 Å². The van der Waals surface area contributed by atoms with Crippen molar-refractivity contribution in [1.82, 2.24) is 25.7 Å². The third-order valence-electron chi connectivity index (χ3n) is 5.35. The minimum absolute atomic E-state index is 0. The Morgan fingerprint density at radius 2 is 2.00 bits per heavy atom. The predicted octanol–water partition coefficient (Wildman–Crippen LogP) is 4.24. The van der Waals surface area contributed by atoms with Gasteiger partial charge >= 0.3 is 0 Å². The number of aromatic nitrogens is 2. The summed E-state index contributed by atoms with van der Waals surface area (Å²) in [7, 11) is 0. The Balaban J connectivity index is 0.00000341. The monoisotopic (exact) mass is 540 g/mol. The number of halogens is 1. The van der Waals surface area contributed by atoms with Crippen molar-refractivity contribution in [3.63, 3.8) is 0 Å². The zero-order valence-electron chi connectivity index (χ0n) is 19.1. The van der Waals surface area contributed by atoms with E-state index in [4.69, 9.17) is 9.52 Å². The molecule has 0 saturated carbocycles. The Labute approximate surface area is 203 Å². The molecule has 7 nitrogen and oxygen atoms in total. The molecule has 1 aromatic heterocycles. The van der Waals surface area contributed by atoms with Gasteiger partial charge in [0.05, 0.1) is 6.54 Å². The Morgan fingerprint density at radius 1 is 1.19 bits per heavy atom. The van der Waals surface area contributed by atoms with E-state index in [1.165, 1.54) is 13.0 Å². The predicted molar refractivity (Wildman–Crippen MR) is 137 cm³/mol. The van der Waals surface area contributed by atoms with Crippen molar-refractivity contribution in [2.24, 2.45) is 4.99 Å². The fourth-order valence-corrected chi connectivity index (χ4v) is 3.80. The van der Waals surface area contributed by atoms with Gasteiger partial charge in [0.1, 0.15) is 0 Å². The molecule has 2 aromatic rings. The zero-order valence-corrected chi connectivity index (χ0v) is 21.4. The number of guanidine groups is 1. The summed E-state index contributed by atoms with van der Waals surface area (Å²) in [5.74, 6) is 2.23. The molecule has 0 amide bonds. The van der Waals surface area contributed by atoms with Crippen LogP contribution in [0.25, 0.3) is 11.5 Å². The molecule has 1 saturated heterocycles. The second-order valence-electron chi connectivity index (χ2n) is 7.92. The number of aryl methyl sites for hydroxylation is 1. The van der Waals surface area contributed by atoms with Crippen molar-refractivity contribution in [3.05, 3.63) is 35.7 Å². The van der Waals surface area contributed by atoms with Gasteiger partial charge in [-0.2, -0.15) is 4.98 Å². The Bertz CT molecular complexity index is 801. The van der Waals surface area contributed by atoms with Crippen LogP contribution in [0.5, 0.6) is 0 Å². The summed E-state index contributed by atoms with van der Waals surface area (Å²) >= 11 is 0. The first-order valence-corrected chi connectivity index (χ1v) is 11.4. The summed E-state index contributed by atoms with van der Waals surface area (Å²) in [5, 5.41) is 11.1. The molecular formula is C23H37IN6O. The second kappa shape index (κ2) is 13.7. The highest BCUT2D eigenvalue weighted by Crippen LogP contribution is 2.19. The third-order valence-corrected chi connectivity index (χ3v) is 5.35. The highest BCUT2D eigenvalue weighted by molar-refractivity contribution is 14.0. The SMILES string of the molecule is CCCc1noc(-c2cccc(CN=C(NCC)NC3CCN(CCC)CC3)c2)n1.I. The van der Waals surface area contributed by atoms with E-state index in [0.29, 0.717) is 18.5 Å². The second-order valence-corrected chi connectivity index (χ2v) is 7.92. The van der Waals surface area contributed by atoms with E-state index in [2.05, 4.69) is 58.6 Å². The first-order chi connectivity index (χ1) is 14.7. The van der Waals surface area contributed by atoms with Crippen LogP contribution < -0.4 is 10.6 Å². The van der Waals surface area contributed by atoms with Crippen LogP contribution in [0.2, 0.25) is 0 Å². The number of nitrogens with one attached hydrogen (secondary N) is 2. The minimum atomic E-state index is 0. The number of likely N-dealkylation sites (tertiary alicyclic amines) is 1. The molecule has 2 heterocycles. The summed E-state index contributed by atoms with van der Waals surface area (Å²) in [6.45, 7) is 11.4. The van der Waals surface area contributed by atoms with Crippen LogP contribution in [0.15, 0.2) is 33.8 Å². The molecule has 0 aliphatic carbocycles. The molecule has 0 radical (unpaired) electrons. The normalized spacial score (nSPS) is 15.5. The molecular weight excluding hydrogens is 503 g/mol. The molecule has 3 rings (SSSR count). The number of piperidine rings is 1. The molecule has 1 aromatic carbocycles. The summed E-state index contributed by atoms with van der Waals surface area (Å²) < 4.78 is 5.42. The van der Waals surface area contributed by atoms with E-state index in [1.54, 1.807) is 0 Å².